The summed E-state index contributed by atoms with van der Waals surface area (Å²) in [6.07, 6.45) is 1.75. The van der Waals surface area contributed by atoms with Gasteiger partial charge in [-0.15, -0.1) is 0 Å². The lowest BCUT2D eigenvalue weighted by atomic mass is 9.95. The Morgan fingerprint density at radius 3 is 2.46 bits per heavy atom. The third kappa shape index (κ3) is 5.80. The molecule has 0 amide bonds. The molecule has 1 aliphatic rings. The monoisotopic (exact) mass is 550 g/mol. The number of thiazole rings is 1. The summed E-state index contributed by atoms with van der Waals surface area (Å²) in [7, 11) is 3.02. The van der Waals surface area contributed by atoms with Gasteiger partial charge in [-0.1, -0.05) is 49.4 Å². The van der Waals surface area contributed by atoms with Crippen molar-refractivity contribution in [2.75, 3.05) is 20.8 Å². The molecule has 2 heterocycles. The summed E-state index contributed by atoms with van der Waals surface area (Å²) < 4.78 is 23.7. The van der Waals surface area contributed by atoms with Gasteiger partial charge in [0.2, 0.25) is 0 Å². The largest absolute Gasteiger partial charge is 0.496 e. The third-order valence-electron chi connectivity index (χ3n) is 5.97. The Morgan fingerprint density at radius 1 is 1.08 bits per heavy atom. The molecule has 0 fully saturated rings. The van der Waals surface area contributed by atoms with Crippen molar-refractivity contribution >= 4 is 29.4 Å². The molecule has 1 unspecified atom stereocenters. The number of ether oxygens (including phenoxy) is 4. The zero-order chi connectivity index (χ0) is 28.3. The highest BCUT2D eigenvalue weighted by Gasteiger charge is 2.34. The van der Waals surface area contributed by atoms with Crippen LogP contribution < -0.4 is 29.1 Å². The van der Waals surface area contributed by atoms with E-state index in [9.17, 15) is 14.4 Å². The normalized spacial score (nSPS) is 15.1. The number of rotatable bonds is 8. The van der Waals surface area contributed by atoms with Gasteiger partial charge in [0.25, 0.3) is 5.56 Å². The van der Waals surface area contributed by atoms with Gasteiger partial charge in [-0.05, 0) is 42.7 Å². The van der Waals surface area contributed by atoms with Crippen molar-refractivity contribution in [3.8, 4) is 17.2 Å². The molecule has 0 radical (unpaired) electrons. The molecule has 2 aromatic carbocycles. The van der Waals surface area contributed by atoms with Gasteiger partial charge in [0, 0.05) is 12.5 Å². The Balaban J connectivity index is 1.94. The number of carbonyl (C=O) groups excluding carboxylic acids is 2. The van der Waals surface area contributed by atoms with Crippen LogP contribution in [0.4, 0.5) is 0 Å². The van der Waals surface area contributed by atoms with Crippen molar-refractivity contribution in [2.24, 2.45) is 10.9 Å². The van der Waals surface area contributed by atoms with Gasteiger partial charge in [-0.3, -0.25) is 14.2 Å². The lowest BCUT2D eigenvalue weighted by molar-refractivity contribution is -0.140. The van der Waals surface area contributed by atoms with Gasteiger partial charge >= 0.3 is 11.9 Å². The van der Waals surface area contributed by atoms with E-state index in [1.165, 1.54) is 29.9 Å². The number of para-hydroxylation sites is 1. The summed E-state index contributed by atoms with van der Waals surface area (Å²) in [5, 5.41) is 0. The molecule has 10 heteroatoms. The van der Waals surface area contributed by atoms with E-state index in [4.69, 9.17) is 18.9 Å². The number of hydrogen-bond acceptors (Lipinski definition) is 9. The van der Waals surface area contributed by atoms with Crippen LogP contribution in [0.2, 0.25) is 0 Å². The van der Waals surface area contributed by atoms with E-state index in [0.29, 0.717) is 26.3 Å². The molecular formula is C29H30N2O7S. The summed E-state index contributed by atoms with van der Waals surface area (Å²) in [4.78, 5) is 43.9. The fourth-order valence-electron chi connectivity index (χ4n) is 4.24. The molecule has 1 aliphatic heterocycles. The van der Waals surface area contributed by atoms with Gasteiger partial charge in [0.05, 0.1) is 42.7 Å². The lowest BCUT2D eigenvalue weighted by Crippen LogP contribution is -2.40. The summed E-state index contributed by atoms with van der Waals surface area (Å²) in [5.41, 5.74) is 1.68. The van der Waals surface area contributed by atoms with Crippen molar-refractivity contribution in [1.82, 2.24) is 4.57 Å². The number of fused-ring (bicyclic) bond motifs is 1. The molecule has 204 valence electrons. The first-order valence-corrected chi connectivity index (χ1v) is 13.1. The van der Waals surface area contributed by atoms with E-state index >= 15 is 0 Å². The number of nitrogens with zero attached hydrogens (tertiary/aromatic N) is 2. The maximum Gasteiger partial charge on any atom is 0.338 e. The number of methoxy groups -OCH3 is 2. The average Bonchev–Trinajstić information content (AvgIpc) is 3.20. The van der Waals surface area contributed by atoms with E-state index in [2.05, 4.69) is 4.99 Å². The molecule has 39 heavy (non-hydrogen) atoms. The third-order valence-corrected chi connectivity index (χ3v) is 6.95. The molecule has 1 atom stereocenters. The Bertz CT molecular complexity index is 1630. The molecule has 3 aromatic rings. The second-order valence-corrected chi connectivity index (χ2v) is 10.3. The Hall–Kier alpha value is -4.18. The van der Waals surface area contributed by atoms with Crippen molar-refractivity contribution < 1.29 is 28.5 Å². The number of hydrogen-bond donors (Lipinski definition) is 0. The molecule has 0 aliphatic carbocycles. The topological polar surface area (TPSA) is 105 Å². The van der Waals surface area contributed by atoms with Crippen LogP contribution in [0.1, 0.15) is 44.9 Å². The number of benzene rings is 2. The van der Waals surface area contributed by atoms with Crippen molar-refractivity contribution in [3.05, 3.63) is 84.5 Å². The second-order valence-electron chi connectivity index (χ2n) is 9.32. The zero-order valence-electron chi connectivity index (χ0n) is 22.6. The average molecular weight is 551 g/mol. The minimum atomic E-state index is -0.846. The molecule has 0 saturated carbocycles. The van der Waals surface area contributed by atoms with Crippen molar-refractivity contribution in [3.63, 3.8) is 0 Å². The van der Waals surface area contributed by atoms with Crippen molar-refractivity contribution in [2.45, 2.75) is 33.7 Å². The van der Waals surface area contributed by atoms with Crippen LogP contribution in [0.25, 0.3) is 6.08 Å². The molecule has 0 spiro atoms. The van der Waals surface area contributed by atoms with E-state index in [0.717, 1.165) is 5.56 Å². The summed E-state index contributed by atoms with van der Waals surface area (Å²) in [6, 6.07) is 11.4. The Morgan fingerprint density at radius 2 is 1.79 bits per heavy atom. The van der Waals surface area contributed by atoms with Crippen LogP contribution in [-0.2, 0) is 14.3 Å². The fourth-order valence-corrected chi connectivity index (χ4v) is 5.28. The van der Waals surface area contributed by atoms with Crippen LogP contribution in [0, 0.1) is 5.92 Å². The van der Waals surface area contributed by atoms with Gasteiger partial charge in [-0.2, -0.15) is 0 Å². The molecule has 1 aromatic heterocycles. The summed E-state index contributed by atoms with van der Waals surface area (Å²) >= 11 is 1.22. The highest BCUT2D eigenvalue weighted by Crippen LogP contribution is 2.36. The lowest BCUT2D eigenvalue weighted by Gasteiger charge is -2.25. The van der Waals surface area contributed by atoms with Gasteiger partial charge in [-0.25, -0.2) is 9.79 Å². The molecular weight excluding hydrogens is 520 g/mol. The Kier molecular flexibility index (Phi) is 8.35. The Labute approximate surface area is 229 Å². The second kappa shape index (κ2) is 11.7. The standard InChI is InChI=1S/C29H30N2O7S/c1-16(2)15-37-28(34)25-17(3)30-29-31(26(25)20-11-12-22(38-18(4)32)23(13-20)36-6)27(33)24(39-29)14-19-9-7-8-10-21(19)35-5/h7-14,16,26H,15H2,1-6H3/b24-14-. The van der Waals surface area contributed by atoms with Gasteiger partial charge in [0.15, 0.2) is 16.3 Å². The van der Waals surface area contributed by atoms with Crippen LogP contribution in [0.5, 0.6) is 17.2 Å². The predicted octanol–water partition coefficient (Wildman–Crippen LogP) is 3.38. The van der Waals surface area contributed by atoms with E-state index in [-0.39, 0.29) is 35.2 Å². The van der Waals surface area contributed by atoms with Crippen LogP contribution in [0.3, 0.4) is 0 Å². The van der Waals surface area contributed by atoms with Gasteiger partial charge in [0.1, 0.15) is 5.75 Å². The maximum atomic E-state index is 13.9. The zero-order valence-corrected chi connectivity index (χ0v) is 23.5. The number of esters is 2. The highest BCUT2D eigenvalue weighted by atomic mass is 32.1. The minimum absolute atomic E-state index is 0.124. The first-order valence-electron chi connectivity index (χ1n) is 12.3. The van der Waals surface area contributed by atoms with E-state index < -0.39 is 18.0 Å². The van der Waals surface area contributed by atoms with Gasteiger partial charge < -0.3 is 18.9 Å². The molecule has 0 saturated heterocycles. The SMILES string of the molecule is COc1ccccc1/C=c1\sc2n(c1=O)C(c1ccc(OC(C)=O)c(OC)c1)C(C(=O)OCC(C)C)=C(C)N=2. The molecule has 4 rings (SSSR count). The molecule has 0 bridgehead atoms. The van der Waals surface area contributed by atoms with Crippen LogP contribution in [-0.4, -0.2) is 37.3 Å². The van der Waals surface area contributed by atoms with Crippen LogP contribution in [0.15, 0.2) is 63.5 Å². The predicted molar refractivity (Wildman–Crippen MR) is 147 cm³/mol. The van der Waals surface area contributed by atoms with E-state index in [1.54, 1.807) is 38.3 Å². The fraction of sp³-hybridized carbons (Fsp3) is 0.310. The van der Waals surface area contributed by atoms with E-state index in [1.807, 2.05) is 38.1 Å². The first kappa shape index (κ1) is 27.8. The minimum Gasteiger partial charge on any atom is -0.496 e. The number of carbonyl (C=O) groups is 2. The summed E-state index contributed by atoms with van der Waals surface area (Å²) in [5.74, 6) is 0.194. The number of aromatic nitrogens is 1. The smallest absolute Gasteiger partial charge is 0.338 e. The molecule has 9 nitrogen and oxygen atoms in total. The van der Waals surface area contributed by atoms with Crippen LogP contribution >= 0.6 is 11.3 Å². The summed E-state index contributed by atoms with van der Waals surface area (Å²) in [6.45, 7) is 7.12. The highest BCUT2D eigenvalue weighted by molar-refractivity contribution is 7.07. The maximum absolute atomic E-state index is 13.9. The number of allylic oxidation sites excluding steroid dienone is 1. The first-order chi connectivity index (χ1) is 18.6. The molecule has 0 N–H and O–H groups in total. The van der Waals surface area contributed by atoms with Crippen molar-refractivity contribution in [1.29, 1.82) is 0 Å². The quantitative estimate of drug-likeness (QED) is 0.313.